The van der Waals surface area contributed by atoms with Crippen molar-refractivity contribution in [3.63, 3.8) is 0 Å². The number of hydrogen-bond donors (Lipinski definition) is 1. The minimum absolute atomic E-state index is 1.03. The average molecular weight is 325 g/mol. The number of fused-ring (bicyclic) bond motifs is 1. The summed E-state index contributed by atoms with van der Waals surface area (Å²) >= 11 is 4.24. The highest BCUT2D eigenvalue weighted by Crippen LogP contribution is 2.16. The van der Waals surface area contributed by atoms with Gasteiger partial charge in [0.2, 0.25) is 0 Å². The lowest BCUT2D eigenvalue weighted by Gasteiger charge is -1.99. The maximum Gasteiger partial charge on any atom is -0.00979 e. The molecule has 122 valence electrons. The van der Waals surface area contributed by atoms with Crippen LogP contribution in [0.4, 0.5) is 0 Å². The summed E-state index contributed by atoms with van der Waals surface area (Å²) in [6, 6.07) is 15.1. The quantitative estimate of drug-likeness (QED) is 0.270. The van der Waals surface area contributed by atoms with Crippen LogP contribution in [0.25, 0.3) is 16.8 Å². The van der Waals surface area contributed by atoms with Crippen LogP contribution in [-0.2, 0) is 0 Å². The lowest BCUT2D eigenvalue weighted by Crippen LogP contribution is -1.80. The van der Waals surface area contributed by atoms with Gasteiger partial charge in [0.1, 0.15) is 0 Å². The number of allylic oxidation sites excluding steroid dienone is 3. The second-order valence-electron chi connectivity index (χ2n) is 6.03. The predicted molar refractivity (Wildman–Crippen MR) is 108 cm³/mol. The Labute approximate surface area is 146 Å². The van der Waals surface area contributed by atoms with E-state index in [4.69, 9.17) is 0 Å². The molecule has 0 radical (unpaired) electrons. The van der Waals surface area contributed by atoms with E-state index in [1.807, 2.05) is 0 Å². The van der Waals surface area contributed by atoms with Crippen LogP contribution in [0.1, 0.15) is 50.5 Å². The molecule has 0 nitrogen and oxygen atoms in total. The largest absolute Gasteiger partial charge is 0.179 e. The van der Waals surface area contributed by atoms with E-state index in [0.717, 1.165) is 5.75 Å². The molecule has 0 spiro atoms. The Morgan fingerprint density at radius 2 is 1.48 bits per heavy atom. The number of hydrogen-bond acceptors (Lipinski definition) is 1. The zero-order valence-corrected chi connectivity index (χ0v) is 14.8. The van der Waals surface area contributed by atoms with Gasteiger partial charge in [0.15, 0.2) is 0 Å². The van der Waals surface area contributed by atoms with Crippen LogP contribution in [0.5, 0.6) is 0 Å². The van der Waals surface area contributed by atoms with Crippen molar-refractivity contribution < 1.29 is 0 Å². The van der Waals surface area contributed by atoms with E-state index in [1.165, 1.54) is 61.3 Å². The molecule has 0 atom stereocenters. The molecule has 2 aromatic rings. The summed E-state index contributed by atoms with van der Waals surface area (Å²) in [5.41, 5.74) is 1.26. The van der Waals surface area contributed by atoms with E-state index < -0.39 is 0 Å². The SMILES string of the molecule is SCCCCCCCC/C=C/C=C/c1ccc2ccccc2c1. The molecule has 2 rings (SSSR count). The monoisotopic (exact) mass is 324 g/mol. The van der Waals surface area contributed by atoms with E-state index in [1.54, 1.807) is 0 Å². The molecule has 0 amide bonds. The summed E-state index contributed by atoms with van der Waals surface area (Å²) in [6.07, 6.45) is 18.0. The van der Waals surface area contributed by atoms with Crippen LogP contribution in [0, 0.1) is 0 Å². The van der Waals surface area contributed by atoms with Crippen LogP contribution >= 0.6 is 12.6 Å². The van der Waals surface area contributed by atoms with Crippen molar-refractivity contribution in [3.8, 4) is 0 Å². The molecule has 0 aromatic heterocycles. The summed E-state index contributed by atoms with van der Waals surface area (Å²) < 4.78 is 0. The van der Waals surface area contributed by atoms with Crippen molar-refractivity contribution in [2.45, 2.75) is 44.9 Å². The standard InChI is InChI=1S/C22H28S/c23-18-12-8-6-4-2-1-3-5-7-9-13-20-16-17-21-14-10-11-15-22(21)19-20/h5,7,9-11,13-17,19,23H,1-4,6,8,12,18H2/b7-5+,13-9+. The molecular formula is C22H28S. The van der Waals surface area contributed by atoms with Crippen molar-refractivity contribution in [1.29, 1.82) is 0 Å². The first-order valence-electron chi connectivity index (χ1n) is 8.83. The third kappa shape index (κ3) is 7.09. The van der Waals surface area contributed by atoms with Gasteiger partial charge >= 0.3 is 0 Å². The first kappa shape index (κ1) is 17.9. The second-order valence-corrected chi connectivity index (χ2v) is 6.47. The molecule has 0 bridgehead atoms. The summed E-state index contributed by atoms with van der Waals surface area (Å²) in [7, 11) is 0. The molecule has 0 fully saturated rings. The smallest absolute Gasteiger partial charge is 0.00979 e. The Bertz CT molecular complexity index is 625. The van der Waals surface area contributed by atoms with Gasteiger partial charge in [0.05, 0.1) is 0 Å². The highest BCUT2D eigenvalue weighted by atomic mass is 32.1. The molecule has 2 aromatic carbocycles. The zero-order valence-electron chi connectivity index (χ0n) is 14.0. The maximum absolute atomic E-state index is 4.24. The van der Waals surface area contributed by atoms with Gasteiger partial charge < -0.3 is 0 Å². The molecule has 0 N–H and O–H groups in total. The molecule has 0 saturated heterocycles. The fourth-order valence-corrected chi connectivity index (χ4v) is 2.96. The number of benzene rings is 2. The molecule has 0 aliphatic heterocycles. The highest BCUT2D eigenvalue weighted by Gasteiger charge is 1.92. The van der Waals surface area contributed by atoms with Gasteiger partial charge in [-0.25, -0.2) is 0 Å². The minimum atomic E-state index is 1.03. The van der Waals surface area contributed by atoms with E-state index in [2.05, 4.69) is 79.4 Å². The third-order valence-corrected chi connectivity index (χ3v) is 4.40. The minimum Gasteiger partial charge on any atom is -0.179 e. The van der Waals surface area contributed by atoms with E-state index in [9.17, 15) is 0 Å². The number of rotatable bonds is 10. The average Bonchev–Trinajstić information content (AvgIpc) is 2.59. The van der Waals surface area contributed by atoms with Gasteiger partial charge in [0.25, 0.3) is 0 Å². The summed E-state index contributed by atoms with van der Waals surface area (Å²) in [4.78, 5) is 0. The highest BCUT2D eigenvalue weighted by molar-refractivity contribution is 7.80. The Kier molecular flexibility index (Phi) is 8.65. The summed E-state index contributed by atoms with van der Waals surface area (Å²) in [5.74, 6) is 1.03. The van der Waals surface area contributed by atoms with Gasteiger partial charge in [0, 0.05) is 0 Å². The topological polar surface area (TPSA) is 0 Å². The normalized spacial score (nSPS) is 11.9. The van der Waals surface area contributed by atoms with Crippen molar-refractivity contribution in [2.24, 2.45) is 0 Å². The maximum atomic E-state index is 4.24. The van der Waals surface area contributed by atoms with Crippen molar-refractivity contribution in [1.82, 2.24) is 0 Å². The fraction of sp³-hybridized carbons (Fsp3) is 0.364. The third-order valence-electron chi connectivity index (χ3n) is 4.09. The Hall–Kier alpha value is -1.47. The first-order valence-corrected chi connectivity index (χ1v) is 9.46. The molecule has 0 aliphatic carbocycles. The van der Waals surface area contributed by atoms with Crippen LogP contribution in [-0.4, -0.2) is 5.75 Å². The van der Waals surface area contributed by atoms with Crippen molar-refractivity contribution in [2.75, 3.05) is 5.75 Å². The number of thiol groups is 1. The summed E-state index contributed by atoms with van der Waals surface area (Å²) in [5, 5.41) is 2.60. The van der Waals surface area contributed by atoms with Gasteiger partial charge in [-0.2, -0.15) is 12.6 Å². The van der Waals surface area contributed by atoms with E-state index >= 15 is 0 Å². The van der Waals surface area contributed by atoms with Crippen molar-refractivity contribution >= 4 is 29.5 Å². The Morgan fingerprint density at radius 3 is 2.30 bits per heavy atom. The fourth-order valence-electron chi connectivity index (χ4n) is 2.73. The summed E-state index contributed by atoms with van der Waals surface area (Å²) in [6.45, 7) is 0. The Balaban J connectivity index is 1.65. The molecule has 1 heteroatoms. The van der Waals surface area contributed by atoms with Crippen LogP contribution < -0.4 is 0 Å². The molecule has 0 unspecified atom stereocenters. The van der Waals surface area contributed by atoms with Crippen LogP contribution in [0.2, 0.25) is 0 Å². The van der Waals surface area contributed by atoms with Crippen LogP contribution in [0.15, 0.2) is 60.7 Å². The molecule has 23 heavy (non-hydrogen) atoms. The number of unbranched alkanes of at least 4 members (excludes halogenated alkanes) is 6. The van der Waals surface area contributed by atoms with Crippen LogP contribution in [0.3, 0.4) is 0 Å². The van der Waals surface area contributed by atoms with Crippen molar-refractivity contribution in [3.05, 3.63) is 66.3 Å². The van der Waals surface area contributed by atoms with Gasteiger partial charge in [-0.15, -0.1) is 0 Å². The van der Waals surface area contributed by atoms with Gasteiger partial charge in [-0.1, -0.05) is 86.4 Å². The van der Waals surface area contributed by atoms with Gasteiger partial charge in [-0.3, -0.25) is 0 Å². The van der Waals surface area contributed by atoms with E-state index in [-0.39, 0.29) is 0 Å². The second kappa shape index (κ2) is 11.1. The molecule has 0 heterocycles. The predicted octanol–water partition coefficient (Wildman–Crippen LogP) is 7.07. The first-order chi connectivity index (χ1) is 11.4. The Morgan fingerprint density at radius 1 is 0.739 bits per heavy atom. The molecular weight excluding hydrogens is 296 g/mol. The molecule has 0 aliphatic rings. The lowest BCUT2D eigenvalue weighted by molar-refractivity contribution is 0.613. The van der Waals surface area contributed by atoms with Gasteiger partial charge in [-0.05, 0) is 47.4 Å². The van der Waals surface area contributed by atoms with E-state index in [0.29, 0.717) is 0 Å². The lowest BCUT2D eigenvalue weighted by atomic mass is 10.1. The zero-order chi connectivity index (χ0) is 16.2. The molecule has 0 saturated carbocycles.